The Kier molecular flexibility index (Phi) is 3.25. The van der Waals surface area contributed by atoms with Gasteiger partial charge in [-0.15, -0.1) is 0 Å². The summed E-state index contributed by atoms with van der Waals surface area (Å²) in [6, 6.07) is 7.07. The molecule has 0 aliphatic heterocycles. The van der Waals surface area contributed by atoms with Crippen molar-refractivity contribution in [3.8, 4) is 0 Å². The Morgan fingerprint density at radius 2 is 2.00 bits per heavy atom. The fourth-order valence-corrected chi connectivity index (χ4v) is 1.32. The van der Waals surface area contributed by atoms with E-state index < -0.39 is 0 Å². The van der Waals surface area contributed by atoms with E-state index in [1.807, 2.05) is 6.07 Å². The number of anilines is 2. The lowest BCUT2D eigenvalue weighted by atomic mass is 10.2. The molecule has 2 N–H and O–H groups in total. The fraction of sp³-hybridized carbons (Fsp3) is 0.0909. The van der Waals surface area contributed by atoms with Crippen LogP contribution < -0.4 is 10.6 Å². The van der Waals surface area contributed by atoms with E-state index >= 15 is 0 Å². The molecule has 6 nitrogen and oxygen atoms in total. The summed E-state index contributed by atoms with van der Waals surface area (Å²) in [5, 5.41) is 5.55. The summed E-state index contributed by atoms with van der Waals surface area (Å²) in [7, 11) is 1.59. The van der Waals surface area contributed by atoms with Crippen molar-refractivity contribution in [2.24, 2.45) is 0 Å². The third kappa shape index (κ3) is 2.75. The normalized spacial score (nSPS) is 9.71. The smallest absolute Gasteiger partial charge is 0.251 e. The van der Waals surface area contributed by atoms with E-state index in [4.69, 9.17) is 0 Å². The van der Waals surface area contributed by atoms with Gasteiger partial charge in [-0.25, -0.2) is 15.0 Å². The highest BCUT2D eigenvalue weighted by molar-refractivity contribution is 5.94. The number of benzene rings is 1. The van der Waals surface area contributed by atoms with E-state index in [1.165, 1.54) is 12.7 Å². The van der Waals surface area contributed by atoms with Gasteiger partial charge in [-0.1, -0.05) is 6.07 Å². The van der Waals surface area contributed by atoms with E-state index in [-0.39, 0.29) is 5.91 Å². The summed E-state index contributed by atoms with van der Waals surface area (Å²) in [5.41, 5.74) is 1.32. The summed E-state index contributed by atoms with van der Waals surface area (Å²) < 4.78 is 0. The third-order valence-electron chi connectivity index (χ3n) is 2.10. The maximum absolute atomic E-state index is 11.4. The molecule has 2 aromatic rings. The van der Waals surface area contributed by atoms with Crippen LogP contribution in [0.15, 0.2) is 36.9 Å². The van der Waals surface area contributed by atoms with Crippen LogP contribution in [0.25, 0.3) is 0 Å². The van der Waals surface area contributed by atoms with Gasteiger partial charge in [0.2, 0.25) is 5.95 Å². The Morgan fingerprint density at radius 1 is 1.24 bits per heavy atom. The number of carbonyl (C=O) groups is 1. The number of rotatable bonds is 3. The molecule has 1 amide bonds. The zero-order valence-electron chi connectivity index (χ0n) is 9.21. The number of amides is 1. The van der Waals surface area contributed by atoms with Crippen molar-refractivity contribution in [2.75, 3.05) is 12.4 Å². The number of carbonyl (C=O) groups excluding carboxylic acids is 1. The first-order valence-electron chi connectivity index (χ1n) is 5.01. The van der Waals surface area contributed by atoms with E-state index in [0.29, 0.717) is 11.5 Å². The molecule has 6 heteroatoms. The van der Waals surface area contributed by atoms with Gasteiger partial charge < -0.3 is 10.6 Å². The molecule has 0 fully saturated rings. The molecular weight excluding hydrogens is 218 g/mol. The minimum Gasteiger partial charge on any atom is -0.355 e. The number of hydrogen-bond acceptors (Lipinski definition) is 5. The molecule has 0 aliphatic carbocycles. The summed E-state index contributed by atoms with van der Waals surface area (Å²) in [5.74, 6) is 0.304. The predicted molar refractivity (Wildman–Crippen MR) is 62.9 cm³/mol. The Hall–Kier alpha value is -2.50. The average molecular weight is 229 g/mol. The Morgan fingerprint density at radius 3 is 2.71 bits per heavy atom. The van der Waals surface area contributed by atoms with Crippen LogP contribution in [0.1, 0.15) is 10.4 Å². The molecule has 1 aromatic heterocycles. The SMILES string of the molecule is CNC(=O)c1cccc(Nc2ncncn2)c1. The third-order valence-corrected chi connectivity index (χ3v) is 2.10. The maximum Gasteiger partial charge on any atom is 0.251 e. The second-order valence-electron chi connectivity index (χ2n) is 3.25. The number of aromatic nitrogens is 3. The highest BCUT2D eigenvalue weighted by Crippen LogP contribution is 2.13. The van der Waals surface area contributed by atoms with Crippen molar-refractivity contribution in [2.45, 2.75) is 0 Å². The van der Waals surface area contributed by atoms with Crippen molar-refractivity contribution in [3.63, 3.8) is 0 Å². The molecule has 2 rings (SSSR count). The molecule has 0 aliphatic rings. The van der Waals surface area contributed by atoms with Crippen molar-refractivity contribution in [3.05, 3.63) is 42.5 Å². The highest BCUT2D eigenvalue weighted by atomic mass is 16.1. The summed E-state index contributed by atoms with van der Waals surface area (Å²) in [6.07, 6.45) is 2.80. The zero-order valence-corrected chi connectivity index (χ0v) is 9.21. The lowest BCUT2D eigenvalue weighted by Gasteiger charge is -2.05. The molecule has 0 saturated heterocycles. The van der Waals surface area contributed by atoms with E-state index in [0.717, 1.165) is 5.69 Å². The zero-order chi connectivity index (χ0) is 12.1. The molecule has 0 atom stereocenters. The van der Waals surface area contributed by atoms with Crippen LogP contribution in [0.2, 0.25) is 0 Å². The predicted octanol–water partition coefficient (Wildman–Crippen LogP) is 0.975. The molecular formula is C11H11N5O. The summed E-state index contributed by atoms with van der Waals surface area (Å²) in [6.45, 7) is 0. The van der Waals surface area contributed by atoms with Crippen LogP contribution in [0, 0.1) is 0 Å². The van der Waals surface area contributed by atoms with Gasteiger partial charge in [-0.05, 0) is 18.2 Å². The van der Waals surface area contributed by atoms with Crippen LogP contribution in [0.4, 0.5) is 11.6 Å². The van der Waals surface area contributed by atoms with Gasteiger partial charge in [-0.3, -0.25) is 4.79 Å². The van der Waals surface area contributed by atoms with Crippen LogP contribution in [0.3, 0.4) is 0 Å². The van der Waals surface area contributed by atoms with Crippen LogP contribution in [0.5, 0.6) is 0 Å². The van der Waals surface area contributed by atoms with E-state index in [9.17, 15) is 4.79 Å². The van der Waals surface area contributed by atoms with Gasteiger partial charge in [-0.2, -0.15) is 0 Å². The van der Waals surface area contributed by atoms with Crippen LogP contribution in [-0.4, -0.2) is 27.9 Å². The van der Waals surface area contributed by atoms with Gasteiger partial charge in [0.15, 0.2) is 0 Å². The fourth-order valence-electron chi connectivity index (χ4n) is 1.32. The van der Waals surface area contributed by atoms with Gasteiger partial charge in [0.25, 0.3) is 5.91 Å². The van der Waals surface area contributed by atoms with E-state index in [2.05, 4.69) is 25.6 Å². The van der Waals surface area contributed by atoms with Gasteiger partial charge in [0, 0.05) is 18.3 Å². The monoisotopic (exact) mass is 229 g/mol. The largest absolute Gasteiger partial charge is 0.355 e. The molecule has 86 valence electrons. The molecule has 0 saturated carbocycles. The molecule has 1 heterocycles. The lowest BCUT2D eigenvalue weighted by molar-refractivity contribution is 0.0963. The molecule has 0 spiro atoms. The second kappa shape index (κ2) is 5.02. The first-order chi connectivity index (χ1) is 8.29. The van der Waals surface area contributed by atoms with Crippen molar-refractivity contribution >= 4 is 17.5 Å². The number of hydrogen-bond donors (Lipinski definition) is 2. The minimum absolute atomic E-state index is 0.135. The second-order valence-corrected chi connectivity index (χ2v) is 3.25. The first-order valence-corrected chi connectivity index (χ1v) is 5.01. The topological polar surface area (TPSA) is 79.8 Å². The highest BCUT2D eigenvalue weighted by Gasteiger charge is 2.04. The molecule has 0 radical (unpaired) electrons. The number of nitrogens with one attached hydrogen (secondary N) is 2. The minimum atomic E-state index is -0.135. The van der Waals surface area contributed by atoms with Gasteiger partial charge >= 0.3 is 0 Å². The summed E-state index contributed by atoms with van der Waals surface area (Å²) >= 11 is 0. The first kappa shape index (κ1) is 11.0. The lowest BCUT2D eigenvalue weighted by Crippen LogP contribution is -2.17. The average Bonchev–Trinajstić information content (AvgIpc) is 2.39. The quantitative estimate of drug-likeness (QED) is 0.819. The van der Waals surface area contributed by atoms with Crippen LogP contribution in [-0.2, 0) is 0 Å². The molecule has 0 bridgehead atoms. The van der Waals surface area contributed by atoms with Crippen molar-refractivity contribution < 1.29 is 4.79 Å². The van der Waals surface area contributed by atoms with Crippen molar-refractivity contribution in [1.82, 2.24) is 20.3 Å². The Bertz CT molecular complexity index is 514. The number of nitrogens with zero attached hydrogens (tertiary/aromatic N) is 3. The van der Waals surface area contributed by atoms with Gasteiger partial charge in [0.05, 0.1) is 0 Å². The molecule has 1 aromatic carbocycles. The molecule has 0 unspecified atom stereocenters. The van der Waals surface area contributed by atoms with E-state index in [1.54, 1.807) is 25.2 Å². The maximum atomic E-state index is 11.4. The Balaban J connectivity index is 2.20. The van der Waals surface area contributed by atoms with Crippen molar-refractivity contribution in [1.29, 1.82) is 0 Å². The van der Waals surface area contributed by atoms with Crippen LogP contribution >= 0.6 is 0 Å². The molecule has 17 heavy (non-hydrogen) atoms. The summed E-state index contributed by atoms with van der Waals surface area (Å²) in [4.78, 5) is 23.0. The van der Waals surface area contributed by atoms with Gasteiger partial charge in [0.1, 0.15) is 12.7 Å². The standard InChI is InChI=1S/C11H11N5O/c1-12-10(17)8-3-2-4-9(5-8)16-11-14-6-13-7-15-11/h2-7H,1H3,(H,12,17)(H,13,14,15,16). The Labute approximate surface area is 98.1 Å².